The summed E-state index contributed by atoms with van der Waals surface area (Å²) < 4.78 is 45.1. The van der Waals surface area contributed by atoms with Gasteiger partial charge >= 0.3 is 0 Å². The zero-order chi connectivity index (χ0) is 20.7. The van der Waals surface area contributed by atoms with Gasteiger partial charge in [0.05, 0.1) is 11.5 Å². The Hall–Kier alpha value is -1.51. The average Bonchev–Trinajstić information content (AvgIpc) is 2.71. The molecule has 0 bridgehead atoms. The van der Waals surface area contributed by atoms with Gasteiger partial charge in [0.15, 0.2) is 0 Å². The Morgan fingerprint density at radius 3 is 2.29 bits per heavy atom. The van der Waals surface area contributed by atoms with Gasteiger partial charge < -0.3 is 9.64 Å². The van der Waals surface area contributed by atoms with Crippen LogP contribution < -0.4 is 0 Å². The van der Waals surface area contributed by atoms with E-state index in [4.69, 9.17) is 4.74 Å². The van der Waals surface area contributed by atoms with E-state index >= 15 is 0 Å². The lowest BCUT2D eigenvalue weighted by Gasteiger charge is -2.37. The second-order valence-corrected chi connectivity index (χ2v) is 9.06. The minimum absolute atomic E-state index is 0.0810. The van der Waals surface area contributed by atoms with Crippen molar-refractivity contribution in [3.05, 3.63) is 30.1 Å². The van der Waals surface area contributed by atoms with E-state index in [1.807, 2.05) is 4.90 Å². The number of halogens is 1. The Bertz CT molecular complexity index is 727. The summed E-state index contributed by atoms with van der Waals surface area (Å²) in [5.74, 6) is -0.567. The second kappa shape index (κ2) is 10.3. The number of carbonyl (C=O) groups excluding carboxylic acids is 1. The molecule has 0 N–H and O–H groups in total. The zero-order valence-corrected chi connectivity index (χ0v) is 17.8. The van der Waals surface area contributed by atoms with Crippen LogP contribution in [0.2, 0.25) is 0 Å². The van der Waals surface area contributed by atoms with E-state index in [1.54, 1.807) is 7.11 Å². The van der Waals surface area contributed by atoms with Gasteiger partial charge in [0.2, 0.25) is 15.9 Å². The first-order valence-electron chi connectivity index (χ1n) is 9.90. The molecule has 2 rings (SSSR count). The fourth-order valence-electron chi connectivity index (χ4n) is 3.73. The van der Waals surface area contributed by atoms with Crippen LogP contribution in [-0.2, 0) is 19.6 Å². The summed E-state index contributed by atoms with van der Waals surface area (Å²) >= 11 is 0. The van der Waals surface area contributed by atoms with Crippen molar-refractivity contribution in [1.82, 2.24) is 9.21 Å². The Kier molecular flexibility index (Phi) is 8.39. The second-order valence-electron chi connectivity index (χ2n) is 7.13. The maximum atomic E-state index is 13.1. The van der Waals surface area contributed by atoms with Crippen LogP contribution in [0.15, 0.2) is 29.2 Å². The number of hydrogen-bond donors (Lipinski definition) is 0. The molecular formula is C20H31FN2O4S. The third kappa shape index (κ3) is 5.30. The molecule has 0 unspecified atom stereocenters. The summed E-state index contributed by atoms with van der Waals surface area (Å²) in [6.45, 7) is 5.75. The van der Waals surface area contributed by atoms with Crippen LogP contribution >= 0.6 is 0 Å². The Morgan fingerprint density at radius 1 is 1.21 bits per heavy atom. The predicted octanol–water partition coefficient (Wildman–Crippen LogP) is 2.89. The lowest BCUT2D eigenvalue weighted by Crippen LogP contribution is -2.48. The molecule has 1 aromatic carbocycles. The SMILES string of the molecule is CCC(CC)N(CCOC)C(=O)C1CCN(S(=O)(=O)c2ccc(F)cc2)CC1. The van der Waals surface area contributed by atoms with E-state index in [1.165, 1.54) is 16.4 Å². The van der Waals surface area contributed by atoms with Crippen LogP contribution in [0, 0.1) is 11.7 Å². The molecule has 1 fully saturated rings. The number of carbonyl (C=O) groups is 1. The number of hydrogen-bond acceptors (Lipinski definition) is 4. The predicted molar refractivity (Wildman–Crippen MR) is 106 cm³/mol. The molecule has 8 heteroatoms. The third-order valence-corrected chi connectivity index (χ3v) is 7.37. The molecule has 1 aromatic rings. The van der Waals surface area contributed by atoms with Gasteiger partial charge in [-0.2, -0.15) is 4.31 Å². The first-order valence-corrected chi connectivity index (χ1v) is 11.3. The number of sulfonamides is 1. The minimum atomic E-state index is -3.67. The Morgan fingerprint density at radius 2 is 1.79 bits per heavy atom. The van der Waals surface area contributed by atoms with Crippen molar-refractivity contribution < 1.29 is 22.3 Å². The summed E-state index contributed by atoms with van der Waals surface area (Å²) in [6, 6.07) is 5.02. The summed E-state index contributed by atoms with van der Waals surface area (Å²) in [7, 11) is -2.05. The zero-order valence-electron chi connectivity index (χ0n) is 16.9. The molecule has 1 amide bonds. The van der Waals surface area contributed by atoms with Gasteiger partial charge in [0.25, 0.3) is 0 Å². The van der Waals surface area contributed by atoms with E-state index in [0.29, 0.717) is 26.0 Å². The quantitative estimate of drug-likeness (QED) is 0.623. The molecule has 1 saturated heterocycles. The number of nitrogens with zero attached hydrogens (tertiary/aromatic N) is 2. The highest BCUT2D eigenvalue weighted by atomic mass is 32.2. The highest BCUT2D eigenvalue weighted by Gasteiger charge is 2.35. The first-order chi connectivity index (χ1) is 13.3. The van der Waals surface area contributed by atoms with Crippen molar-refractivity contribution in [2.75, 3.05) is 33.4 Å². The fraction of sp³-hybridized carbons (Fsp3) is 0.650. The molecule has 0 spiro atoms. The summed E-state index contributed by atoms with van der Waals surface area (Å²) in [5.41, 5.74) is 0. The Labute approximate surface area is 167 Å². The smallest absolute Gasteiger partial charge is 0.243 e. The van der Waals surface area contributed by atoms with Gasteiger partial charge in [-0.05, 0) is 49.9 Å². The van der Waals surface area contributed by atoms with Crippen LogP contribution in [-0.4, -0.2) is 62.9 Å². The molecular weight excluding hydrogens is 383 g/mol. The van der Waals surface area contributed by atoms with E-state index in [0.717, 1.165) is 25.0 Å². The summed E-state index contributed by atoms with van der Waals surface area (Å²) in [6.07, 6.45) is 2.74. The fourth-order valence-corrected chi connectivity index (χ4v) is 5.19. The highest BCUT2D eigenvalue weighted by Crippen LogP contribution is 2.26. The number of methoxy groups -OCH3 is 1. The topological polar surface area (TPSA) is 66.9 Å². The molecule has 1 heterocycles. The minimum Gasteiger partial charge on any atom is -0.383 e. The van der Waals surface area contributed by atoms with E-state index < -0.39 is 15.8 Å². The van der Waals surface area contributed by atoms with Gasteiger partial charge in [0, 0.05) is 38.7 Å². The molecule has 0 aromatic heterocycles. The third-order valence-electron chi connectivity index (χ3n) is 5.46. The average molecular weight is 415 g/mol. The van der Waals surface area contributed by atoms with Gasteiger partial charge in [-0.1, -0.05) is 13.8 Å². The summed E-state index contributed by atoms with van der Waals surface area (Å²) in [5, 5.41) is 0. The van der Waals surface area contributed by atoms with Crippen molar-refractivity contribution in [2.45, 2.75) is 50.5 Å². The van der Waals surface area contributed by atoms with Crippen LogP contribution in [0.5, 0.6) is 0 Å². The molecule has 6 nitrogen and oxygen atoms in total. The monoisotopic (exact) mass is 414 g/mol. The van der Waals surface area contributed by atoms with Gasteiger partial charge in [0.1, 0.15) is 5.82 Å². The van der Waals surface area contributed by atoms with Gasteiger partial charge in [-0.15, -0.1) is 0 Å². The van der Waals surface area contributed by atoms with Crippen molar-refractivity contribution in [3.63, 3.8) is 0 Å². The Balaban J connectivity index is 2.04. The van der Waals surface area contributed by atoms with Crippen molar-refractivity contribution in [1.29, 1.82) is 0 Å². The lowest BCUT2D eigenvalue weighted by atomic mass is 9.95. The van der Waals surface area contributed by atoms with Crippen LogP contribution in [0.1, 0.15) is 39.5 Å². The molecule has 1 aliphatic rings. The first kappa shape index (κ1) is 22.8. The molecule has 1 aliphatic heterocycles. The van der Waals surface area contributed by atoms with E-state index in [-0.39, 0.29) is 35.9 Å². The standard InChI is InChI=1S/C20H31FN2O4S/c1-4-18(5-2)23(14-15-27-3)20(24)16-10-12-22(13-11-16)28(25,26)19-8-6-17(21)7-9-19/h6-9,16,18H,4-5,10-15H2,1-3H3. The highest BCUT2D eigenvalue weighted by molar-refractivity contribution is 7.89. The van der Waals surface area contributed by atoms with Crippen molar-refractivity contribution in [2.24, 2.45) is 5.92 Å². The molecule has 28 heavy (non-hydrogen) atoms. The number of benzene rings is 1. The summed E-state index contributed by atoms with van der Waals surface area (Å²) in [4.78, 5) is 15.1. The molecule has 158 valence electrons. The van der Waals surface area contributed by atoms with Crippen LogP contribution in [0.4, 0.5) is 4.39 Å². The van der Waals surface area contributed by atoms with E-state index in [9.17, 15) is 17.6 Å². The maximum Gasteiger partial charge on any atom is 0.243 e. The largest absolute Gasteiger partial charge is 0.383 e. The maximum absolute atomic E-state index is 13.1. The van der Waals surface area contributed by atoms with Gasteiger partial charge in [-0.25, -0.2) is 12.8 Å². The number of piperidine rings is 1. The number of rotatable bonds is 9. The number of amides is 1. The van der Waals surface area contributed by atoms with Gasteiger partial charge in [-0.3, -0.25) is 4.79 Å². The lowest BCUT2D eigenvalue weighted by molar-refractivity contribution is -0.140. The number of ether oxygens (including phenoxy) is 1. The van der Waals surface area contributed by atoms with Crippen molar-refractivity contribution in [3.8, 4) is 0 Å². The van der Waals surface area contributed by atoms with Crippen LogP contribution in [0.3, 0.4) is 0 Å². The van der Waals surface area contributed by atoms with Crippen LogP contribution in [0.25, 0.3) is 0 Å². The molecule has 0 radical (unpaired) electrons. The molecule has 0 saturated carbocycles. The normalized spacial score (nSPS) is 16.5. The molecule has 0 aliphatic carbocycles. The van der Waals surface area contributed by atoms with Crippen molar-refractivity contribution >= 4 is 15.9 Å². The van der Waals surface area contributed by atoms with E-state index in [2.05, 4.69) is 13.8 Å². The molecule has 0 atom stereocenters.